The van der Waals surface area contributed by atoms with Gasteiger partial charge in [0, 0.05) is 13.1 Å². The van der Waals surface area contributed by atoms with Gasteiger partial charge in [-0.15, -0.1) is 0 Å². The zero-order valence-electron chi connectivity index (χ0n) is 13.9. The van der Waals surface area contributed by atoms with E-state index in [1.54, 1.807) is 12.1 Å². The molecule has 2 atom stereocenters. The topological polar surface area (TPSA) is 55.8 Å². The van der Waals surface area contributed by atoms with E-state index < -0.39 is 10.0 Å². The van der Waals surface area contributed by atoms with Crippen LogP contribution in [0.2, 0.25) is 0 Å². The third-order valence-electron chi connectivity index (χ3n) is 3.78. The van der Waals surface area contributed by atoms with Gasteiger partial charge < -0.3 is 9.47 Å². The van der Waals surface area contributed by atoms with E-state index in [0.717, 1.165) is 11.3 Å². The summed E-state index contributed by atoms with van der Waals surface area (Å²) in [5, 5.41) is 0. The molecule has 0 saturated carbocycles. The van der Waals surface area contributed by atoms with Crippen LogP contribution in [0, 0.1) is 13.8 Å². The maximum atomic E-state index is 13.0. The number of sulfonamides is 1. The minimum Gasteiger partial charge on any atom is -0.494 e. The number of hydrogen-bond acceptors (Lipinski definition) is 4. The summed E-state index contributed by atoms with van der Waals surface area (Å²) >= 11 is 0. The standard InChI is InChI=1S/C16H25NO4S/c1-6-20-15-7-12(3)16(8-11(15)2)22(18,19)17-9-13(4)21-14(5)10-17/h7-8,13-14H,6,9-10H2,1-5H3/t13-,14+. The fourth-order valence-corrected chi connectivity index (χ4v) is 4.70. The Hall–Kier alpha value is -1.11. The lowest BCUT2D eigenvalue weighted by Crippen LogP contribution is -2.48. The first kappa shape index (κ1) is 17.2. The summed E-state index contributed by atoms with van der Waals surface area (Å²) in [5.74, 6) is 0.739. The number of aryl methyl sites for hydroxylation is 2. The molecule has 1 heterocycles. The first-order valence-corrected chi connectivity index (χ1v) is 9.09. The van der Waals surface area contributed by atoms with Gasteiger partial charge in [0.25, 0.3) is 0 Å². The molecule has 1 fully saturated rings. The molecular weight excluding hydrogens is 302 g/mol. The highest BCUT2D eigenvalue weighted by atomic mass is 32.2. The summed E-state index contributed by atoms with van der Waals surface area (Å²) in [6, 6.07) is 3.51. The molecule has 0 radical (unpaired) electrons. The summed E-state index contributed by atoms with van der Waals surface area (Å²) < 4.78 is 38.6. The average molecular weight is 327 g/mol. The van der Waals surface area contributed by atoms with Crippen LogP contribution in [-0.2, 0) is 14.8 Å². The molecule has 1 aliphatic rings. The summed E-state index contributed by atoms with van der Waals surface area (Å²) in [6.07, 6.45) is -0.190. The van der Waals surface area contributed by atoms with Crippen LogP contribution >= 0.6 is 0 Å². The molecule has 1 aromatic rings. The summed E-state index contributed by atoms with van der Waals surface area (Å²) in [6.45, 7) is 10.7. The van der Waals surface area contributed by atoms with Crippen LogP contribution in [0.1, 0.15) is 31.9 Å². The Morgan fingerprint density at radius 1 is 1.18 bits per heavy atom. The minimum absolute atomic E-state index is 0.0948. The van der Waals surface area contributed by atoms with Crippen LogP contribution in [0.3, 0.4) is 0 Å². The van der Waals surface area contributed by atoms with Crippen molar-refractivity contribution >= 4 is 10.0 Å². The largest absolute Gasteiger partial charge is 0.494 e. The van der Waals surface area contributed by atoms with Gasteiger partial charge in [-0.3, -0.25) is 0 Å². The Balaban J connectivity index is 2.39. The van der Waals surface area contributed by atoms with Gasteiger partial charge >= 0.3 is 0 Å². The zero-order chi connectivity index (χ0) is 16.5. The molecule has 0 unspecified atom stereocenters. The summed E-state index contributed by atoms with van der Waals surface area (Å²) in [4.78, 5) is 0.356. The third kappa shape index (κ3) is 3.45. The van der Waals surface area contributed by atoms with Crippen LogP contribution < -0.4 is 4.74 Å². The van der Waals surface area contributed by atoms with Crippen molar-refractivity contribution in [2.24, 2.45) is 0 Å². The number of hydrogen-bond donors (Lipinski definition) is 0. The van der Waals surface area contributed by atoms with E-state index in [9.17, 15) is 8.42 Å². The number of benzene rings is 1. The lowest BCUT2D eigenvalue weighted by atomic mass is 10.1. The van der Waals surface area contributed by atoms with Crippen LogP contribution in [-0.4, -0.2) is 44.6 Å². The lowest BCUT2D eigenvalue weighted by Gasteiger charge is -2.34. The third-order valence-corrected chi connectivity index (χ3v) is 5.75. The van der Waals surface area contributed by atoms with Crippen molar-refractivity contribution in [2.75, 3.05) is 19.7 Å². The molecule has 0 aromatic heterocycles. The van der Waals surface area contributed by atoms with Crippen molar-refractivity contribution in [3.05, 3.63) is 23.3 Å². The van der Waals surface area contributed by atoms with Gasteiger partial charge in [0.15, 0.2) is 0 Å². The van der Waals surface area contributed by atoms with E-state index in [1.165, 1.54) is 4.31 Å². The van der Waals surface area contributed by atoms with E-state index in [1.807, 2.05) is 34.6 Å². The molecule has 124 valence electrons. The van der Waals surface area contributed by atoms with Crippen molar-refractivity contribution in [2.45, 2.75) is 51.7 Å². The van der Waals surface area contributed by atoms with Crippen molar-refractivity contribution < 1.29 is 17.9 Å². The molecule has 0 bridgehead atoms. The molecule has 2 rings (SSSR count). The van der Waals surface area contributed by atoms with Crippen LogP contribution in [0.15, 0.2) is 17.0 Å². The first-order valence-electron chi connectivity index (χ1n) is 7.65. The Morgan fingerprint density at radius 2 is 1.77 bits per heavy atom. The molecule has 1 aliphatic heterocycles. The molecule has 6 heteroatoms. The number of morpholine rings is 1. The smallest absolute Gasteiger partial charge is 0.243 e. The van der Waals surface area contributed by atoms with Gasteiger partial charge in [-0.25, -0.2) is 8.42 Å². The number of ether oxygens (including phenoxy) is 2. The average Bonchev–Trinajstić information content (AvgIpc) is 2.41. The number of rotatable bonds is 4. The maximum absolute atomic E-state index is 13.0. The molecule has 0 spiro atoms. The van der Waals surface area contributed by atoms with Gasteiger partial charge in [0.05, 0.1) is 23.7 Å². The Labute approximate surface area is 133 Å². The highest BCUT2D eigenvalue weighted by Gasteiger charge is 2.33. The molecular formula is C16H25NO4S. The highest BCUT2D eigenvalue weighted by Crippen LogP contribution is 2.29. The van der Waals surface area contributed by atoms with E-state index >= 15 is 0 Å². The van der Waals surface area contributed by atoms with Gasteiger partial charge in [-0.1, -0.05) is 0 Å². The van der Waals surface area contributed by atoms with Crippen LogP contribution in [0.4, 0.5) is 0 Å². The second-order valence-corrected chi connectivity index (χ2v) is 7.80. The normalized spacial score (nSPS) is 23.5. The van der Waals surface area contributed by atoms with E-state index in [-0.39, 0.29) is 12.2 Å². The van der Waals surface area contributed by atoms with Gasteiger partial charge in [-0.2, -0.15) is 4.31 Å². The fourth-order valence-electron chi connectivity index (χ4n) is 2.82. The Kier molecular flexibility index (Phi) is 5.14. The van der Waals surface area contributed by atoms with E-state index in [2.05, 4.69) is 0 Å². The lowest BCUT2D eigenvalue weighted by molar-refractivity contribution is -0.0440. The Bertz CT molecular complexity index is 632. The summed E-state index contributed by atoms with van der Waals surface area (Å²) in [7, 11) is -3.51. The SMILES string of the molecule is CCOc1cc(C)c(S(=O)(=O)N2C[C@@H](C)O[C@@H](C)C2)cc1C. The first-order chi connectivity index (χ1) is 10.3. The van der Waals surface area contributed by atoms with Gasteiger partial charge in [0.2, 0.25) is 10.0 Å². The minimum atomic E-state index is -3.51. The second kappa shape index (κ2) is 6.56. The highest BCUT2D eigenvalue weighted by molar-refractivity contribution is 7.89. The quantitative estimate of drug-likeness (QED) is 0.852. The molecule has 1 aromatic carbocycles. The monoisotopic (exact) mass is 327 g/mol. The second-order valence-electron chi connectivity index (χ2n) is 5.90. The molecule has 1 saturated heterocycles. The predicted octanol–water partition coefficient (Wildman–Crippen LogP) is 2.50. The summed E-state index contributed by atoms with van der Waals surface area (Å²) in [5.41, 5.74) is 1.54. The molecule has 0 amide bonds. The van der Waals surface area contributed by atoms with Crippen molar-refractivity contribution in [3.63, 3.8) is 0 Å². The van der Waals surface area contributed by atoms with Crippen molar-refractivity contribution in [3.8, 4) is 5.75 Å². The molecule has 0 aliphatic carbocycles. The van der Waals surface area contributed by atoms with Crippen LogP contribution in [0.5, 0.6) is 5.75 Å². The van der Waals surface area contributed by atoms with E-state index in [4.69, 9.17) is 9.47 Å². The fraction of sp³-hybridized carbons (Fsp3) is 0.625. The molecule has 0 N–H and O–H groups in total. The predicted molar refractivity (Wildman–Crippen MR) is 85.9 cm³/mol. The molecule has 22 heavy (non-hydrogen) atoms. The Morgan fingerprint density at radius 3 is 2.32 bits per heavy atom. The maximum Gasteiger partial charge on any atom is 0.243 e. The number of nitrogens with zero attached hydrogens (tertiary/aromatic N) is 1. The van der Waals surface area contributed by atoms with Crippen molar-refractivity contribution in [1.82, 2.24) is 4.31 Å². The van der Waals surface area contributed by atoms with Crippen molar-refractivity contribution in [1.29, 1.82) is 0 Å². The van der Waals surface area contributed by atoms with Crippen LogP contribution in [0.25, 0.3) is 0 Å². The zero-order valence-corrected chi connectivity index (χ0v) is 14.7. The van der Waals surface area contributed by atoms with Gasteiger partial charge in [0.1, 0.15) is 5.75 Å². The van der Waals surface area contributed by atoms with Gasteiger partial charge in [-0.05, 0) is 57.9 Å². The van der Waals surface area contributed by atoms with E-state index in [0.29, 0.717) is 30.2 Å². The molecule has 5 nitrogen and oxygen atoms in total.